The number of hydrogen-bond donors (Lipinski definition) is 4. The fourth-order valence-electron chi connectivity index (χ4n) is 0.855. The van der Waals surface area contributed by atoms with Crippen LogP contribution in [-0.4, -0.2) is 45.3 Å². The molecule has 0 aliphatic carbocycles. The number of amides is 1. The van der Waals surface area contributed by atoms with Gasteiger partial charge in [-0.15, -0.1) is 0 Å². The van der Waals surface area contributed by atoms with Gasteiger partial charge < -0.3 is 20.6 Å². The minimum atomic E-state index is -1.41. The number of carboxylic acid groups (broad SMARTS) is 2. The van der Waals surface area contributed by atoms with Gasteiger partial charge in [0.05, 0.1) is 12.5 Å². The van der Waals surface area contributed by atoms with Crippen molar-refractivity contribution in [3.8, 4) is 0 Å². The van der Waals surface area contributed by atoms with Crippen molar-refractivity contribution in [3.05, 3.63) is 0 Å². The van der Waals surface area contributed by atoms with Crippen LogP contribution in [0.1, 0.15) is 19.8 Å². The molecular weight excluding hydrogens is 206 g/mol. The molecule has 0 aliphatic rings. The predicted octanol–water partition coefficient (Wildman–Crippen LogP) is -1.20. The van der Waals surface area contributed by atoms with Gasteiger partial charge in [-0.05, 0) is 6.92 Å². The van der Waals surface area contributed by atoms with E-state index in [9.17, 15) is 14.4 Å². The molecule has 0 aromatic carbocycles. The van der Waals surface area contributed by atoms with E-state index in [0.717, 1.165) is 0 Å². The number of carboxylic acids is 2. The Morgan fingerprint density at radius 3 is 2.07 bits per heavy atom. The van der Waals surface area contributed by atoms with Crippen molar-refractivity contribution in [1.82, 2.24) is 5.32 Å². The Kier molecular flexibility index (Phi) is 5.32. The van der Waals surface area contributed by atoms with Crippen LogP contribution in [0.25, 0.3) is 0 Å². The molecule has 0 aromatic rings. The Hall–Kier alpha value is -1.63. The normalized spacial score (nSPS) is 14.0. The molecule has 0 aliphatic heterocycles. The average Bonchev–Trinajstić information content (AvgIpc) is 2.09. The van der Waals surface area contributed by atoms with Crippen molar-refractivity contribution < 1.29 is 29.7 Å². The lowest BCUT2D eigenvalue weighted by molar-refractivity contribution is -0.145. The first-order valence-corrected chi connectivity index (χ1v) is 4.26. The fraction of sp³-hybridized carbons (Fsp3) is 0.625. The zero-order valence-corrected chi connectivity index (χ0v) is 8.14. The maximum absolute atomic E-state index is 11.0. The summed E-state index contributed by atoms with van der Waals surface area (Å²) >= 11 is 0. The molecule has 0 aromatic heterocycles. The molecule has 0 spiro atoms. The summed E-state index contributed by atoms with van der Waals surface area (Å²) in [6.45, 7) is 1.22. The van der Waals surface area contributed by atoms with E-state index in [0.29, 0.717) is 0 Å². The Bertz CT molecular complexity index is 262. The number of aliphatic hydroxyl groups is 1. The zero-order valence-electron chi connectivity index (χ0n) is 8.14. The van der Waals surface area contributed by atoms with Crippen molar-refractivity contribution in [2.45, 2.75) is 31.9 Å². The number of carbonyl (C=O) groups excluding carboxylic acids is 1. The van der Waals surface area contributed by atoms with Crippen molar-refractivity contribution in [3.63, 3.8) is 0 Å². The first-order chi connectivity index (χ1) is 6.84. The highest BCUT2D eigenvalue weighted by Gasteiger charge is 2.24. The van der Waals surface area contributed by atoms with E-state index >= 15 is 0 Å². The summed E-state index contributed by atoms with van der Waals surface area (Å²) in [5.74, 6) is -3.23. The second-order valence-corrected chi connectivity index (χ2v) is 3.02. The minimum Gasteiger partial charge on any atom is -0.481 e. The summed E-state index contributed by atoms with van der Waals surface area (Å²) in [5, 5.41) is 27.9. The molecule has 7 heteroatoms. The molecule has 1 amide bonds. The van der Waals surface area contributed by atoms with Gasteiger partial charge in [0.1, 0.15) is 0 Å². The number of carbonyl (C=O) groups is 3. The van der Waals surface area contributed by atoms with Crippen LogP contribution in [0, 0.1) is 0 Å². The van der Waals surface area contributed by atoms with Gasteiger partial charge in [0.2, 0.25) is 5.91 Å². The number of aliphatic hydroxyl groups excluding tert-OH is 1. The SMILES string of the molecule is C[C@@H](O)[C@H](NC(=O)CCC(=O)O)C(=O)O. The third-order valence-corrected chi connectivity index (χ3v) is 1.63. The van der Waals surface area contributed by atoms with Gasteiger partial charge >= 0.3 is 11.9 Å². The standard InChI is InChI=1S/C8H13NO6/c1-4(10)7(8(14)15)9-5(11)2-3-6(12)13/h4,7,10H,2-3H2,1H3,(H,9,11)(H,12,13)(H,14,15)/t4-,7+/m1/s1. The molecule has 0 radical (unpaired) electrons. The molecule has 0 rings (SSSR count). The Balaban J connectivity index is 4.12. The van der Waals surface area contributed by atoms with Crippen LogP contribution in [0.15, 0.2) is 0 Å². The second kappa shape index (κ2) is 5.97. The minimum absolute atomic E-state index is 0.314. The highest BCUT2D eigenvalue weighted by atomic mass is 16.4. The quantitative estimate of drug-likeness (QED) is 0.445. The Morgan fingerprint density at radius 2 is 1.73 bits per heavy atom. The smallest absolute Gasteiger partial charge is 0.328 e. The maximum atomic E-state index is 11.0. The highest BCUT2D eigenvalue weighted by molar-refractivity contribution is 5.85. The molecule has 0 saturated heterocycles. The summed E-state index contributed by atoms with van der Waals surface area (Å²) in [6.07, 6.45) is -1.93. The van der Waals surface area contributed by atoms with Gasteiger partial charge in [0, 0.05) is 6.42 Å². The Morgan fingerprint density at radius 1 is 1.20 bits per heavy atom. The summed E-state index contributed by atoms with van der Waals surface area (Å²) in [4.78, 5) is 31.7. The fourth-order valence-corrected chi connectivity index (χ4v) is 0.855. The maximum Gasteiger partial charge on any atom is 0.328 e. The first kappa shape index (κ1) is 13.4. The topological polar surface area (TPSA) is 124 Å². The molecule has 7 nitrogen and oxygen atoms in total. The van der Waals surface area contributed by atoms with Crippen LogP contribution in [0.2, 0.25) is 0 Å². The van der Waals surface area contributed by atoms with E-state index in [4.69, 9.17) is 15.3 Å². The van der Waals surface area contributed by atoms with Crippen molar-refractivity contribution in [1.29, 1.82) is 0 Å². The van der Waals surface area contributed by atoms with Crippen LogP contribution in [0.4, 0.5) is 0 Å². The number of nitrogens with one attached hydrogen (secondary N) is 1. The number of rotatable bonds is 6. The van der Waals surface area contributed by atoms with Crippen LogP contribution >= 0.6 is 0 Å². The summed E-state index contributed by atoms with van der Waals surface area (Å²) in [5.41, 5.74) is 0. The van der Waals surface area contributed by atoms with Crippen LogP contribution in [0.3, 0.4) is 0 Å². The molecule has 0 heterocycles. The molecule has 15 heavy (non-hydrogen) atoms. The van der Waals surface area contributed by atoms with E-state index in [1.54, 1.807) is 0 Å². The van der Waals surface area contributed by atoms with Gasteiger partial charge in [-0.1, -0.05) is 0 Å². The van der Waals surface area contributed by atoms with Crippen LogP contribution in [-0.2, 0) is 14.4 Å². The Labute approximate surface area is 85.7 Å². The van der Waals surface area contributed by atoms with Gasteiger partial charge in [-0.2, -0.15) is 0 Å². The lowest BCUT2D eigenvalue weighted by atomic mass is 10.1. The van der Waals surface area contributed by atoms with E-state index < -0.39 is 30.0 Å². The largest absolute Gasteiger partial charge is 0.481 e. The average molecular weight is 219 g/mol. The summed E-state index contributed by atoms with van der Waals surface area (Å²) < 4.78 is 0. The van der Waals surface area contributed by atoms with E-state index in [2.05, 4.69) is 0 Å². The second-order valence-electron chi connectivity index (χ2n) is 3.02. The monoisotopic (exact) mass is 219 g/mol. The lowest BCUT2D eigenvalue weighted by Gasteiger charge is -2.16. The van der Waals surface area contributed by atoms with Crippen molar-refractivity contribution in [2.75, 3.05) is 0 Å². The summed E-state index contributed by atoms with van der Waals surface area (Å²) in [6, 6.07) is -1.41. The lowest BCUT2D eigenvalue weighted by Crippen LogP contribution is -2.47. The van der Waals surface area contributed by atoms with Gasteiger partial charge in [0.25, 0.3) is 0 Å². The first-order valence-electron chi connectivity index (χ1n) is 4.26. The molecule has 0 saturated carbocycles. The van der Waals surface area contributed by atoms with Crippen molar-refractivity contribution in [2.24, 2.45) is 0 Å². The van der Waals surface area contributed by atoms with Gasteiger partial charge in [-0.25, -0.2) is 4.79 Å². The third kappa shape index (κ3) is 5.63. The molecule has 0 bridgehead atoms. The molecular formula is C8H13NO6. The van der Waals surface area contributed by atoms with E-state index in [1.165, 1.54) is 6.92 Å². The molecule has 4 N–H and O–H groups in total. The number of aliphatic carboxylic acids is 2. The van der Waals surface area contributed by atoms with Crippen molar-refractivity contribution >= 4 is 17.8 Å². The van der Waals surface area contributed by atoms with Gasteiger partial charge in [0.15, 0.2) is 6.04 Å². The van der Waals surface area contributed by atoms with E-state index in [-0.39, 0.29) is 12.8 Å². The molecule has 0 fully saturated rings. The van der Waals surface area contributed by atoms with E-state index in [1.807, 2.05) is 5.32 Å². The number of hydrogen-bond acceptors (Lipinski definition) is 4. The van der Waals surface area contributed by atoms with Crippen LogP contribution < -0.4 is 5.32 Å². The van der Waals surface area contributed by atoms with Crippen LogP contribution in [0.5, 0.6) is 0 Å². The predicted molar refractivity (Wildman–Crippen MR) is 48.1 cm³/mol. The molecule has 86 valence electrons. The zero-order chi connectivity index (χ0) is 12.0. The molecule has 2 atom stereocenters. The molecule has 0 unspecified atom stereocenters. The third-order valence-electron chi connectivity index (χ3n) is 1.63. The highest BCUT2D eigenvalue weighted by Crippen LogP contribution is 1.96. The summed E-state index contributed by atoms with van der Waals surface area (Å²) in [7, 11) is 0. The van der Waals surface area contributed by atoms with Gasteiger partial charge in [-0.3, -0.25) is 9.59 Å².